The van der Waals surface area contributed by atoms with E-state index >= 15 is 0 Å². The second-order valence-corrected chi connectivity index (χ2v) is 8.32. The molecule has 0 atom stereocenters. The molecule has 0 fully saturated rings. The van der Waals surface area contributed by atoms with Crippen molar-refractivity contribution in [3.63, 3.8) is 0 Å². The van der Waals surface area contributed by atoms with E-state index in [1.54, 1.807) is 17.4 Å². The van der Waals surface area contributed by atoms with Crippen LogP contribution in [-0.4, -0.2) is 0 Å². The number of fused-ring (bicyclic) bond motifs is 1. The minimum atomic E-state index is 0.641. The molecule has 0 unspecified atom stereocenters. The lowest BCUT2D eigenvalue weighted by Gasteiger charge is -2.13. The van der Waals surface area contributed by atoms with E-state index in [1.807, 2.05) is 24.3 Å². The van der Waals surface area contributed by atoms with Crippen LogP contribution in [0.15, 0.2) is 72.8 Å². The van der Waals surface area contributed by atoms with Gasteiger partial charge in [0.2, 0.25) is 0 Å². The van der Waals surface area contributed by atoms with E-state index in [0.29, 0.717) is 16.5 Å². The molecule has 3 aromatic carbocycles. The third-order valence-electron chi connectivity index (χ3n) is 4.31. The standard InChI is InChI=1S/C22H14Cl2S2/c23-16-11-10-15(19(24)13-16)12-18-21(25)17-8-4-5-9-20(17)26-22(18)14-6-2-1-3-7-14/h1-11,13H,12H2. The first-order valence-corrected chi connectivity index (χ1v) is 10.2. The number of rotatable bonds is 3. The van der Waals surface area contributed by atoms with Crippen molar-refractivity contribution in [2.45, 2.75) is 6.42 Å². The van der Waals surface area contributed by atoms with Gasteiger partial charge in [-0.1, -0.05) is 90.0 Å². The van der Waals surface area contributed by atoms with Gasteiger partial charge in [-0.15, -0.1) is 11.3 Å². The zero-order valence-electron chi connectivity index (χ0n) is 13.7. The highest BCUT2D eigenvalue weighted by molar-refractivity contribution is 7.71. The first-order valence-electron chi connectivity index (χ1n) is 8.17. The highest BCUT2D eigenvalue weighted by Crippen LogP contribution is 2.37. The van der Waals surface area contributed by atoms with Crippen LogP contribution < -0.4 is 0 Å². The molecule has 0 N–H and O–H groups in total. The Balaban J connectivity index is 1.97. The average molecular weight is 413 g/mol. The van der Waals surface area contributed by atoms with Crippen molar-refractivity contribution in [3.8, 4) is 10.4 Å². The summed E-state index contributed by atoms with van der Waals surface area (Å²) < 4.78 is 2.09. The first kappa shape index (κ1) is 17.7. The fraction of sp³-hybridized carbons (Fsp3) is 0.0455. The SMILES string of the molecule is S=c1c(Cc2ccc(Cl)cc2Cl)c(-c2ccccc2)sc2ccccc12. The molecular formula is C22H14Cl2S2. The van der Waals surface area contributed by atoms with E-state index in [9.17, 15) is 0 Å². The molecule has 0 saturated heterocycles. The maximum absolute atomic E-state index is 6.43. The van der Waals surface area contributed by atoms with Crippen LogP contribution in [0.3, 0.4) is 0 Å². The van der Waals surface area contributed by atoms with Gasteiger partial charge < -0.3 is 0 Å². The minimum Gasteiger partial charge on any atom is -0.135 e. The van der Waals surface area contributed by atoms with Gasteiger partial charge in [-0.05, 0) is 34.9 Å². The minimum absolute atomic E-state index is 0.641. The van der Waals surface area contributed by atoms with Crippen molar-refractivity contribution in [2.75, 3.05) is 0 Å². The molecule has 1 heterocycles. The normalized spacial score (nSPS) is 11.0. The highest BCUT2D eigenvalue weighted by Gasteiger charge is 2.14. The van der Waals surface area contributed by atoms with E-state index in [4.69, 9.17) is 35.4 Å². The fourth-order valence-electron chi connectivity index (χ4n) is 3.02. The molecule has 128 valence electrons. The lowest BCUT2D eigenvalue weighted by molar-refractivity contribution is 1.20. The third-order valence-corrected chi connectivity index (χ3v) is 6.63. The molecule has 4 rings (SSSR count). The van der Waals surface area contributed by atoms with Crippen LogP contribution in [0.2, 0.25) is 10.0 Å². The zero-order valence-corrected chi connectivity index (χ0v) is 16.9. The van der Waals surface area contributed by atoms with Crippen molar-refractivity contribution in [2.24, 2.45) is 0 Å². The number of halogens is 2. The van der Waals surface area contributed by atoms with Gasteiger partial charge in [0.15, 0.2) is 0 Å². The number of hydrogen-bond acceptors (Lipinski definition) is 2. The number of benzene rings is 3. The molecule has 0 nitrogen and oxygen atoms in total. The topological polar surface area (TPSA) is 0 Å². The van der Waals surface area contributed by atoms with E-state index in [2.05, 4.69) is 42.5 Å². The second-order valence-electron chi connectivity index (χ2n) is 6.01. The van der Waals surface area contributed by atoms with Crippen molar-refractivity contribution in [1.29, 1.82) is 0 Å². The van der Waals surface area contributed by atoms with Gasteiger partial charge in [-0.3, -0.25) is 0 Å². The quantitative estimate of drug-likeness (QED) is 0.305. The summed E-state index contributed by atoms with van der Waals surface area (Å²) in [7, 11) is 0. The Morgan fingerprint density at radius 2 is 1.58 bits per heavy atom. The molecule has 0 saturated carbocycles. The Hall–Kier alpha value is -1.71. The maximum atomic E-state index is 6.43. The molecule has 1 aromatic heterocycles. The van der Waals surface area contributed by atoms with Gasteiger partial charge in [0.25, 0.3) is 0 Å². The van der Waals surface area contributed by atoms with Crippen LogP contribution >= 0.6 is 46.8 Å². The lowest BCUT2D eigenvalue weighted by atomic mass is 10.0. The molecule has 0 aliphatic rings. The summed E-state index contributed by atoms with van der Waals surface area (Å²) in [5, 5.41) is 2.43. The summed E-state index contributed by atoms with van der Waals surface area (Å²) in [5.41, 5.74) is 3.34. The molecule has 4 aromatic rings. The Labute approximate surface area is 171 Å². The largest absolute Gasteiger partial charge is 0.135 e. The van der Waals surface area contributed by atoms with E-state index in [-0.39, 0.29) is 0 Å². The molecule has 0 bridgehead atoms. The first-order chi connectivity index (χ1) is 12.6. The highest BCUT2D eigenvalue weighted by atomic mass is 35.5. The van der Waals surface area contributed by atoms with Gasteiger partial charge in [0.1, 0.15) is 0 Å². The maximum Gasteiger partial charge on any atom is 0.0513 e. The Bertz CT molecular complexity index is 1150. The van der Waals surface area contributed by atoms with Gasteiger partial charge in [-0.2, -0.15) is 0 Å². The molecule has 4 heteroatoms. The summed E-state index contributed by atoms with van der Waals surface area (Å²) in [4.78, 5) is 1.19. The van der Waals surface area contributed by atoms with Crippen molar-refractivity contribution in [1.82, 2.24) is 0 Å². The van der Waals surface area contributed by atoms with Gasteiger partial charge >= 0.3 is 0 Å². The van der Waals surface area contributed by atoms with Crippen molar-refractivity contribution >= 4 is 56.8 Å². The molecule has 0 aliphatic carbocycles. The molecule has 26 heavy (non-hydrogen) atoms. The van der Waals surface area contributed by atoms with Crippen molar-refractivity contribution < 1.29 is 0 Å². The monoisotopic (exact) mass is 412 g/mol. The molecule has 0 amide bonds. The van der Waals surface area contributed by atoms with Crippen molar-refractivity contribution in [3.05, 3.63) is 98.5 Å². The summed E-state index contributed by atoms with van der Waals surface area (Å²) >= 11 is 20.1. The van der Waals surface area contributed by atoms with Crippen LogP contribution in [0.5, 0.6) is 0 Å². The van der Waals surface area contributed by atoms with Gasteiger partial charge in [0.05, 0.1) is 4.51 Å². The third kappa shape index (κ3) is 3.43. The molecule has 0 spiro atoms. The second kappa shape index (κ2) is 7.50. The Morgan fingerprint density at radius 1 is 0.846 bits per heavy atom. The summed E-state index contributed by atoms with van der Waals surface area (Å²) in [5.74, 6) is 0. The van der Waals surface area contributed by atoms with Crippen LogP contribution in [-0.2, 0) is 6.42 Å². The summed E-state index contributed by atoms with van der Waals surface area (Å²) in [6.07, 6.45) is 0.681. The van der Waals surface area contributed by atoms with Crippen LogP contribution in [0.1, 0.15) is 11.1 Å². The smallest absolute Gasteiger partial charge is 0.0513 e. The summed E-state index contributed by atoms with van der Waals surface area (Å²) in [6, 6.07) is 24.3. The van der Waals surface area contributed by atoms with E-state index in [1.165, 1.54) is 15.1 Å². The Kier molecular flexibility index (Phi) is 5.10. The van der Waals surface area contributed by atoms with Gasteiger partial charge in [0, 0.05) is 31.4 Å². The number of hydrogen-bond donors (Lipinski definition) is 0. The zero-order chi connectivity index (χ0) is 18.1. The van der Waals surface area contributed by atoms with Gasteiger partial charge in [-0.25, -0.2) is 0 Å². The molecule has 0 aliphatic heterocycles. The van der Waals surface area contributed by atoms with E-state index in [0.717, 1.165) is 21.0 Å². The molecular weight excluding hydrogens is 399 g/mol. The van der Waals surface area contributed by atoms with Crippen LogP contribution in [0.25, 0.3) is 20.5 Å². The van der Waals surface area contributed by atoms with Crippen LogP contribution in [0, 0.1) is 4.51 Å². The molecule has 0 radical (unpaired) electrons. The van der Waals surface area contributed by atoms with E-state index < -0.39 is 0 Å². The summed E-state index contributed by atoms with van der Waals surface area (Å²) in [6.45, 7) is 0. The Morgan fingerprint density at radius 3 is 2.35 bits per heavy atom. The lowest BCUT2D eigenvalue weighted by Crippen LogP contribution is -1.94. The predicted octanol–water partition coefficient (Wildman–Crippen LogP) is 8.20. The van der Waals surface area contributed by atoms with Crippen LogP contribution in [0.4, 0.5) is 0 Å². The fourth-order valence-corrected chi connectivity index (χ4v) is 5.17. The average Bonchev–Trinajstić information content (AvgIpc) is 2.66. The predicted molar refractivity (Wildman–Crippen MR) is 117 cm³/mol.